The van der Waals surface area contributed by atoms with E-state index in [0.29, 0.717) is 17.1 Å². The Kier molecular flexibility index (Phi) is 1.80. The summed E-state index contributed by atoms with van der Waals surface area (Å²) in [6.07, 6.45) is 0. The summed E-state index contributed by atoms with van der Waals surface area (Å²) in [6, 6.07) is 1.50. The third-order valence-corrected chi connectivity index (χ3v) is 2.25. The number of hydrogen-bond donors (Lipinski definition) is 0. The lowest BCUT2D eigenvalue weighted by Crippen LogP contribution is -1.95. The van der Waals surface area contributed by atoms with Crippen LogP contribution in [-0.4, -0.2) is 11.7 Å². The molecule has 1 aliphatic rings. The zero-order valence-corrected chi connectivity index (χ0v) is 7.86. The fourth-order valence-corrected chi connectivity index (χ4v) is 1.53. The first-order valence-electron chi connectivity index (χ1n) is 4.15. The van der Waals surface area contributed by atoms with E-state index in [1.165, 1.54) is 6.07 Å². The van der Waals surface area contributed by atoms with Gasteiger partial charge in [0.05, 0.1) is 10.5 Å². The van der Waals surface area contributed by atoms with Crippen LogP contribution in [0.2, 0.25) is 0 Å². The molecule has 0 atom stereocenters. The molecule has 2 rings (SSSR count). The van der Waals surface area contributed by atoms with Crippen LogP contribution in [0.15, 0.2) is 6.07 Å². The van der Waals surface area contributed by atoms with Gasteiger partial charge in [-0.3, -0.25) is 10.1 Å². The van der Waals surface area contributed by atoms with Crippen LogP contribution in [0.5, 0.6) is 11.5 Å². The topological polar surface area (TPSA) is 61.6 Å². The number of rotatable bonds is 1. The normalized spacial score (nSPS) is 13.0. The predicted molar refractivity (Wildman–Crippen MR) is 48.7 cm³/mol. The molecule has 0 fully saturated rings. The van der Waals surface area contributed by atoms with Gasteiger partial charge in [0.25, 0.3) is 5.69 Å². The van der Waals surface area contributed by atoms with Gasteiger partial charge in [-0.15, -0.1) is 0 Å². The minimum atomic E-state index is -0.412. The van der Waals surface area contributed by atoms with Gasteiger partial charge in [0.2, 0.25) is 6.79 Å². The number of aryl methyl sites for hydroxylation is 1. The summed E-state index contributed by atoms with van der Waals surface area (Å²) >= 11 is 0. The molecule has 0 saturated carbocycles. The van der Waals surface area contributed by atoms with Crippen molar-refractivity contribution in [2.75, 3.05) is 6.79 Å². The molecule has 1 heterocycles. The van der Waals surface area contributed by atoms with Gasteiger partial charge in [-0.05, 0) is 13.8 Å². The SMILES string of the molecule is Cc1cc([N+](=O)[O-])c(C)c2c1OCO2. The van der Waals surface area contributed by atoms with Gasteiger partial charge in [-0.2, -0.15) is 0 Å². The quantitative estimate of drug-likeness (QED) is 0.507. The summed E-state index contributed by atoms with van der Waals surface area (Å²) in [6.45, 7) is 3.56. The van der Waals surface area contributed by atoms with Crippen molar-refractivity contribution < 1.29 is 14.4 Å². The Morgan fingerprint density at radius 1 is 1.36 bits per heavy atom. The van der Waals surface area contributed by atoms with Crippen molar-refractivity contribution in [3.63, 3.8) is 0 Å². The zero-order chi connectivity index (χ0) is 10.3. The molecule has 1 aromatic carbocycles. The van der Waals surface area contributed by atoms with Gasteiger partial charge >= 0.3 is 0 Å². The molecule has 0 aliphatic carbocycles. The average molecular weight is 195 g/mol. The lowest BCUT2D eigenvalue weighted by Gasteiger charge is -2.04. The third-order valence-electron chi connectivity index (χ3n) is 2.25. The molecule has 0 bridgehead atoms. The summed E-state index contributed by atoms with van der Waals surface area (Å²) in [5.41, 5.74) is 1.33. The Hall–Kier alpha value is -1.78. The molecule has 5 heteroatoms. The van der Waals surface area contributed by atoms with Gasteiger partial charge in [0.15, 0.2) is 11.5 Å². The van der Waals surface area contributed by atoms with Crippen LogP contribution < -0.4 is 9.47 Å². The molecule has 0 amide bonds. The Morgan fingerprint density at radius 3 is 2.64 bits per heavy atom. The lowest BCUT2D eigenvalue weighted by molar-refractivity contribution is -0.385. The molecule has 74 valence electrons. The minimum Gasteiger partial charge on any atom is -0.453 e. The molecule has 5 nitrogen and oxygen atoms in total. The van der Waals surface area contributed by atoms with E-state index in [0.717, 1.165) is 5.56 Å². The van der Waals surface area contributed by atoms with E-state index in [-0.39, 0.29) is 12.5 Å². The second-order valence-corrected chi connectivity index (χ2v) is 3.16. The maximum Gasteiger partial charge on any atom is 0.276 e. The van der Waals surface area contributed by atoms with Crippen molar-refractivity contribution >= 4 is 5.69 Å². The highest BCUT2D eigenvalue weighted by atomic mass is 16.7. The van der Waals surface area contributed by atoms with Crippen molar-refractivity contribution in [3.05, 3.63) is 27.3 Å². The number of ether oxygens (including phenoxy) is 2. The van der Waals surface area contributed by atoms with Gasteiger partial charge in [-0.25, -0.2) is 0 Å². The summed E-state index contributed by atoms with van der Waals surface area (Å²) < 4.78 is 10.4. The van der Waals surface area contributed by atoms with Crippen molar-refractivity contribution in [2.45, 2.75) is 13.8 Å². The molecule has 1 aromatic rings. The maximum absolute atomic E-state index is 10.7. The minimum absolute atomic E-state index is 0.0757. The molecule has 1 aliphatic heterocycles. The van der Waals surface area contributed by atoms with Crippen LogP contribution in [0, 0.1) is 24.0 Å². The van der Waals surface area contributed by atoms with Crippen LogP contribution in [0.4, 0.5) is 5.69 Å². The number of hydrogen-bond acceptors (Lipinski definition) is 4. The summed E-state index contributed by atoms with van der Waals surface area (Å²) in [5, 5.41) is 10.7. The van der Waals surface area contributed by atoms with Gasteiger partial charge in [-0.1, -0.05) is 0 Å². The van der Waals surface area contributed by atoms with Crippen molar-refractivity contribution in [2.24, 2.45) is 0 Å². The molecule has 0 saturated heterocycles. The lowest BCUT2D eigenvalue weighted by atomic mass is 10.1. The first kappa shape index (κ1) is 8.80. The van der Waals surface area contributed by atoms with E-state index in [9.17, 15) is 10.1 Å². The first-order chi connectivity index (χ1) is 6.61. The zero-order valence-electron chi connectivity index (χ0n) is 7.86. The van der Waals surface area contributed by atoms with Crippen LogP contribution in [0.25, 0.3) is 0 Å². The van der Waals surface area contributed by atoms with E-state index in [2.05, 4.69) is 0 Å². The smallest absolute Gasteiger partial charge is 0.276 e. The fraction of sp³-hybridized carbons (Fsp3) is 0.333. The molecule has 0 spiro atoms. The first-order valence-corrected chi connectivity index (χ1v) is 4.15. The van der Waals surface area contributed by atoms with Crippen LogP contribution in [0.1, 0.15) is 11.1 Å². The van der Waals surface area contributed by atoms with Gasteiger partial charge in [0, 0.05) is 11.6 Å². The van der Waals surface area contributed by atoms with Crippen molar-refractivity contribution in [3.8, 4) is 11.5 Å². The monoisotopic (exact) mass is 195 g/mol. The largest absolute Gasteiger partial charge is 0.453 e. The second kappa shape index (κ2) is 2.87. The Balaban J connectivity index is 2.68. The van der Waals surface area contributed by atoms with Crippen molar-refractivity contribution in [1.29, 1.82) is 0 Å². The number of nitrogens with zero attached hydrogens (tertiary/aromatic N) is 1. The molecule has 0 N–H and O–H groups in total. The molecule has 0 unspecified atom stereocenters. The van der Waals surface area contributed by atoms with Crippen LogP contribution >= 0.6 is 0 Å². The Bertz CT molecular complexity index is 414. The molecule has 0 radical (unpaired) electrons. The predicted octanol–water partition coefficient (Wildman–Crippen LogP) is 1.94. The van der Waals surface area contributed by atoms with Gasteiger partial charge < -0.3 is 9.47 Å². The van der Waals surface area contributed by atoms with E-state index in [4.69, 9.17) is 9.47 Å². The van der Waals surface area contributed by atoms with E-state index >= 15 is 0 Å². The average Bonchev–Trinajstić information content (AvgIpc) is 2.59. The second-order valence-electron chi connectivity index (χ2n) is 3.16. The number of nitro groups is 1. The highest BCUT2D eigenvalue weighted by Crippen LogP contribution is 2.42. The Labute approximate surface area is 80.4 Å². The van der Waals surface area contributed by atoms with E-state index in [1.807, 2.05) is 0 Å². The maximum atomic E-state index is 10.7. The van der Waals surface area contributed by atoms with E-state index < -0.39 is 4.92 Å². The number of benzene rings is 1. The van der Waals surface area contributed by atoms with E-state index in [1.54, 1.807) is 13.8 Å². The van der Waals surface area contributed by atoms with Crippen LogP contribution in [0.3, 0.4) is 0 Å². The number of fused-ring (bicyclic) bond motifs is 1. The molecule has 0 aromatic heterocycles. The highest BCUT2D eigenvalue weighted by molar-refractivity contribution is 5.61. The molecular weight excluding hydrogens is 186 g/mol. The third kappa shape index (κ3) is 1.09. The molecule has 14 heavy (non-hydrogen) atoms. The standard InChI is InChI=1S/C9H9NO4/c1-5-3-7(10(11)12)6(2)9-8(5)13-4-14-9/h3H,4H2,1-2H3. The molecular formula is C9H9NO4. The fourth-order valence-electron chi connectivity index (χ4n) is 1.53. The highest BCUT2D eigenvalue weighted by Gasteiger charge is 2.25. The van der Waals surface area contributed by atoms with Crippen molar-refractivity contribution in [1.82, 2.24) is 0 Å². The summed E-state index contributed by atoms with van der Waals surface area (Å²) in [7, 11) is 0. The number of nitro benzene ring substituents is 1. The summed E-state index contributed by atoms with van der Waals surface area (Å²) in [4.78, 5) is 10.3. The van der Waals surface area contributed by atoms with Gasteiger partial charge in [0.1, 0.15) is 0 Å². The van der Waals surface area contributed by atoms with Crippen LogP contribution in [-0.2, 0) is 0 Å². The summed E-state index contributed by atoms with van der Waals surface area (Å²) in [5.74, 6) is 1.12. The Morgan fingerprint density at radius 2 is 2.00 bits per heavy atom.